The molecule has 3 N–H and O–H groups in total. The van der Waals surface area contributed by atoms with Crippen LogP contribution in [0.4, 0.5) is 5.69 Å². The minimum absolute atomic E-state index is 0.140. The van der Waals surface area contributed by atoms with Gasteiger partial charge in [0.1, 0.15) is 36.4 Å². The van der Waals surface area contributed by atoms with Crippen LogP contribution in [0, 0.1) is 0 Å². The van der Waals surface area contributed by atoms with Crippen LogP contribution in [0.25, 0.3) is 0 Å². The zero-order chi connectivity index (χ0) is 18.9. The maximum atomic E-state index is 12.2. The van der Waals surface area contributed by atoms with Crippen molar-refractivity contribution in [3.63, 3.8) is 0 Å². The molecule has 1 aromatic heterocycles. The Hall–Kier alpha value is -2.65. The van der Waals surface area contributed by atoms with Crippen LogP contribution >= 0.6 is 0 Å². The van der Waals surface area contributed by atoms with Crippen molar-refractivity contribution in [1.82, 2.24) is 15.0 Å². The van der Waals surface area contributed by atoms with E-state index in [0.717, 1.165) is 0 Å². The molecule has 1 aliphatic rings. The number of benzene rings is 1. The lowest BCUT2D eigenvalue weighted by atomic mass is 10.1. The summed E-state index contributed by atoms with van der Waals surface area (Å²) in [5.74, 6) is 0.937. The second-order valence-electron chi connectivity index (χ2n) is 6.95. The molecule has 0 bridgehead atoms. The van der Waals surface area contributed by atoms with Gasteiger partial charge in [-0.2, -0.15) is 0 Å². The van der Waals surface area contributed by atoms with Crippen molar-refractivity contribution >= 4 is 11.6 Å². The lowest BCUT2D eigenvalue weighted by molar-refractivity contribution is -0.119. The van der Waals surface area contributed by atoms with E-state index in [1.165, 1.54) is 4.90 Å². The standard InChI is InChI=1S/C17H23N5O4/c1-17(2,24)10-22-7-11(19-20-22)8-25-12-4-5-15-14(6-12)21(3)16(23)13(18)9-26-15/h4-7,13,24H,8-10,18H2,1-3H3/t13-/m0/s1. The van der Waals surface area contributed by atoms with Gasteiger partial charge in [0.05, 0.1) is 24.0 Å². The van der Waals surface area contributed by atoms with Crippen LogP contribution in [0.5, 0.6) is 11.5 Å². The fraction of sp³-hybridized carbons (Fsp3) is 0.471. The third-order valence-corrected chi connectivity index (χ3v) is 3.88. The summed E-state index contributed by atoms with van der Waals surface area (Å²) >= 11 is 0. The van der Waals surface area contributed by atoms with Gasteiger partial charge in [0.25, 0.3) is 0 Å². The van der Waals surface area contributed by atoms with Gasteiger partial charge in [0, 0.05) is 13.1 Å². The van der Waals surface area contributed by atoms with Crippen LogP contribution in [-0.2, 0) is 17.9 Å². The van der Waals surface area contributed by atoms with Crippen molar-refractivity contribution in [2.75, 3.05) is 18.6 Å². The van der Waals surface area contributed by atoms with E-state index in [1.54, 1.807) is 50.0 Å². The molecule has 140 valence electrons. The number of aromatic nitrogens is 3. The van der Waals surface area contributed by atoms with Gasteiger partial charge in [-0.1, -0.05) is 5.21 Å². The number of fused-ring (bicyclic) bond motifs is 1. The number of aliphatic hydroxyl groups is 1. The first-order chi connectivity index (χ1) is 12.2. The lowest BCUT2D eigenvalue weighted by Crippen LogP contribution is -2.43. The monoisotopic (exact) mass is 361 g/mol. The Morgan fingerprint density at radius 2 is 2.23 bits per heavy atom. The van der Waals surface area contributed by atoms with E-state index in [1.807, 2.05) is 0 Å². The number of carbonyl (C=O) groups is 1. The van der Waals surface area contributed by atoms with Gasteiger partial charge in [-0.3, -0.25) is 4.79 Å². The molecular formula is C17H23N5O4. The van der Waals surface area contributed by atoms with Gasteiger partial charge in [0.2, 0.25) is 5.91 Å². The van der Waals surface area contributed by atoms with E-state index < -0.39 is 11.6 Å². The highest BCUT2D eigenvalue weighted by molar-refractivity contribution is 5.98. The molecule has 9 nitrogen and oxygen atoms in total. The smallest absolute Gasteiger partial charge is 0.247 e. The molecule has 3 rings (SSSR count). The Bertz CT molecular complexity index is 799. The minimum atomic E-state index is -0.874. The third-order valence-electron chi connectivity index (χ3n) is 3.88. The summed E-state index contributed by atoms with van der Waals surface area (Å²) in [6.45, 7) is 4.09. The molecule has 0 aliphatic carbocycles. The number of hydrogen-bond donors (Lipinski definition) is 2. The van der Waals surface area contributed by atoms with Crippen LogP contribution in [0.15, 0.2) is 24.4 Å². The van der Waals surface area contributed by atoms with Crippen LogP contribution in [-0.4, -0.2) is 51.3 Å². The van der Waals surface area contributed by atoms with Gasteiger partial charge in [-0.25, -0.2) is 4.68 Å². The topological polar surface area (TPSA) is 116 Å². The fourth-order valence-electron chi connectivity index (χ4n) is 2.63. The Labute approximate surface area is 151 Å². The van der Waals surface area contributed by atoms with Gasteiger partial charge < -0.3 is 25.2 Å². The van der Waals surface area contributed by atoms with Gasteiger partial charge >= 0.3 is 0 Å². The molecule has 9 heteroatoms. The van der Waals surface area contributed by atoms with E-state index in [2.05, 4.69) is 10.3 Å². The molecule has 26 heavy (non-hydrogen) atoms. The number of ether oxygens (including phenoxy) is 2. The van der Waals surface area contributed by atoms with Crippen molar-refractivity contribution in [2.24, 2.45) is 5.73 Å². The van der Waals surface area contributed by atoms with Crippen LogP contribution in [0.2, 0.25) is 0 Å². The fourth-order valence-corrected chi connectivity index (χ4v) is 2.63. The summed E-state index contributed by atoms with van der Waals surface area (Å²) in [4.78, 5) is 13.6. The molecule has 1 aromatic carbocycles. The van der Waals surface area contributed by atoms with E-state index in [4.69, 9.17) is 15.2 Å². The van der Waals surface area contributed by atoms with E-state index in [0.29, 0.717) is 29.4 Å². The van der Waals surface area contributed by atoms with Crippen molar-refractivity contribution in [1.29, 1.82) is 0 Å². The molecule has 1 atom stereocenters. The molecular weight excluding hydrogens is 338 g/mol. The highest BCUT2D eigenvalue weighted by Crippen LogP contribution is 2.34. The molecule has 0 spiro atoms. The number of hydrogen-bond acceptors (Lipinski definition) is 7. The molecule has 2 heterocycles. The van der Waals surface area contributed by atoms with Crippen LogP contribution in [0.1, 0.15) is 19.5 Å². The average molecular weight is 361 g/mol. The Morgan fingerprint density at radius 1 is 1.46 bits per heavy atom. The molecule has 1 amide bonds. The summed E-state index contributed by atoms with van der Waals surface area (Å²) in [7, 11) is 1.65. The van der Waals surface area contributed by atoms with Crippen molar-refractivity contribution in [2.45, 2.75) is 38.6 Å². The normalized spacial score (nSPS) is 17.5. The van der Waals surface area contributed by atoms with E-state index in [9.17, 15) is 9.90 Å². The van der Waals surface area contributed by atoms with Crippen molar-refractivity contribution in [3.05, 3.63) is 30.1 Å². The number of amides is 1. The maximum Gasteiger partial charge on any atom is 0.247 e. The second-order valence-corrected chi connectivity index (χ2v) is 6.95. The second kappa shape index (κ2) is 6.93. The maximum absolute atomic E-state index is 12.2. The molecule has 0 unspecified atom stereocenters. The Kier molecular flexibility index (Phi) is 4.84. The number of nitrogens with zero attached hydrogens (tertiary/aromatic N) is 4. The lowest BCUT2D eigenvalue weighted by Gasteiger charge is -2.18. The van der Waals surface area contributed by atoms with Gasteiger partial charge in [-0.15, -0.1) is 5.10 Å². The largest absolute Gasteiger partial charge is 0.489 e. The minimum Gasteiger partial charge on any atom is -0.489 e. The summed E-state index contributed by atoms with van der Waals surface area (Å²) in [5.41, 5.74) is 6.14. The first-order valence-corrected chi connectivity index (χ1v) is 8.27. The SMILES string of the molecule is CN1C(=O)[C@@H](N)COc2ccc(OCc3cn(CC(C)(C)O)nn3)cc21. The number of carbonyl (C=O) groups excluding carboxylic acids is 1. The number of rotatable bonds is 5. The highest BCUT2D eigenvalue weighted by Gasteiger charge is 2.26. The average Bonchev–Trinajstić information content (AvgIpc) is 2.98. The molecule has 0 radical (unpaired) electrons. The molecule has 0 saturated heterocycles. The first-order valence-electron chi connectivity index (χ1n) is 8.27. The zero-order valence-electron chi connectivity index (χ0n) is 15.0. The predicted octanol–water partition coefficient (Wildman–Crippen LogP) is 0.311. The quantitative estimate of drug-likeness (QED) is 0.787. The summed E-state index contributed by atoms with van der Waals surface area (Å²) in [6, 6.07) is 4.54. The number of anilines is 1. The molecule has 0 fully saturated rings. The first kappa shape index (κ1) is 18.2. The van der Waals surface area contributed by atoms with Crippen LogP contribution < -0.4 is 20.1 Å². The summed E-state index contributed by atoms with van der Waals surface area (Å²) in [6.07, 6.45) is 1.72. The highest BCUT2D eigenvalue weighted by atomic mass is 16.5. The van der Waals surface area contributed by atoms with E-state index in [-0.39, 0.29) is 19.1 Å². The van der Waals surface area contributed by atoms with Crippen molar-refractivity contribution in [3.8, 4) is 11.5 Å². The van der Waals surface area contributed by atoms with Crippen molar-refractivity contribution < 1.29 is 19.4 Å². The Balaban J connectivity index is 1.69. The molecule has 0 saturated carbocycles. The zero-order valence-corrected chi connectivity index (χ0v) is 15.0. The van der Waals surface area contributed by atoms with E-state index >= 15 is 0 Å². The molecule has 2 aromatic rings. The number of likely N-dealkylation sites (N-methyl/N-ethyl adjacent to an activating group) is 1. The predicted molar refractivity (Wildman–Crippen MR) is 94.0 cm³/mol. The third kappa shape index (κ3) is 4.12. The van der Waals surface area contributed by atoms with Crippen LogP contribution in [0.3, 0.4) is 0 Å². The number of nitrogens with two attached hydrogens (primary N) is 1. The van der Waals surface area contributed by atoms with Gasteiger partial charge in [-0.05, 0) is 26.0 Å². The Morgan fingerprint density at radius 3 is 2.96 bits per heavy atom. The summed E-state index contributed by atoms with van der Waals surface area (Å²) < 4.78 is 12.9. The summed E-state index contributed by atoms with van der Waals surface area (Å²) in [5, 5.41) is 17.8. The van der Waals surface area contributed by atoms with Gasteiger partial charge in [0.15, 0.2) is 0 Å². The molecule has 1 aliphatic heterocycles.